The second-order valence-corrected chi connectivity index (χ2v) is 7.47. The number of aryl methyl sites for hydroxylation is 2. The quantitative estimate of drug-likeness (QED) is 0.888. The van der Waals surface area contributed by atoms with Crippen LogP contribution in [0.25, 0.3) is 0 Å². The maximum atomic E-state index is 12.3. The largest absolute Gasteiger partial charge is 0.387 e. The highest BCUT2D eigenvalue weighted by Crippen LogP contribution is 2.22. The zero-order chi connectivity index (χ0) is 14.8. The van der Waals surface area contributed by atoms with E-state index in [2.05, 4.69) is 15.0 Å². The molecule has 5 nitrogen and oxygen atoms in total. The molecule has 0 fully saturated rings. The number of sulfonamides is 1. The third-order valence-corrected chi connectivity index (χ3v) is 5.58. The van der Waals surface area contributed by atoms with Crippen molar-refractivity contribution in [3.8, 4) is 0 Å². The van der Waals surface area contributed by atoms with E-state index in [0.717, 1.165) is 4.88 Å². The van der Waals surface area contributed by atoms with Crippen LogP contribution in [0.5, 0.6) is 0 Å². The van der Waals surface area contributed by atoms with Gasteiger partial charge in [0.2, 0.25) is 10.0 Å². The van der Waals surface area contributed by atoms with Gasteiger partial charge in [-0.1, -0.05) is 0 Å². The van der Waals surface area contributed by atoms with Crippen LogP contribution in [0.15, 0.2) is 29.4 Å². The SMILES string of the molecule is CNc1ccncc1S(=O)(=O)NCc1cc(C)c(C)s1. The Labute approximate surface area is 123 Å². The van der Waals surface area contributed by atoms with E-state index in [9.17, 15) is 8.42 Å². The van der Waals surface area contributed by atoms with Crippen molar-refractivity contribution in [2.75, 3.05) is 12.4 Å². The zero-order valence-corrected chi connectivity index (χ0v) is 13.2. The molecule has 2 heterocycles. The number of anilines is 1. The lowest BCUT2D eigenvalue weighted by atomic mass is 10.3. The van der Waals surface area contributed by atoms with Gasteiger partial charge in [0.15, 0.2) is 0 Å². The number of rotatable bonds is 5. The summed E-state index contributed by atoms with van der Waals surface area (Å²) < 4.78 is 27.2. The first-order chi connectivity index (χ1) is 9.44. The highest BCUT2D eigenvalue weighted by molar-refractivity contribution is 7.89. The highest BCUT2D eigenvalue weighted by atomic mass is 32.2. The van der Waals surface area contributed by atoms with Crippen LogP contribution in [0.1, 0.15) is 15.3 Å². The Hall–Kier alpha value is -1.44. The Kier molecular flexibility index (Phi) is 4.42. The molecule has 0 atom stereocenters. The first-order valence-corrected chi connectivity index (χ1v) is 8.41. The number of pyridine rings is 1. The van der Waals surface area contributed by atoms with Gasteiger partial charge in [0.1, 0.15) is 4.90 Å². The topological polar surface area (TPSA) is 71.1 Å². The van der Waals surface area contributed by atoms with Crippen LogP contribution in [0, 0.1) is 13.8 Å². The van der Waals surface area contributed by atoms with Gasteiger partial charge in [-0.2, -0.15) is 0 Å². The van der Waals surface area contributed by atoms with Gasteiger partial charge in [-0.25, -0.2) is 13.1 Å². The summed E-state index contributed by atoms with van der Waals surface area (Å²) in [7, 11) is -1.89. The van der Waals surface area contributed by atoms with E-state index in [-0.39, 0.29) is 4.90 Å². The fourth-order valence-electron chi connectivity index (χ4n) is 1.78. The number of nitrogens with one attached hydrogen (secondary N) is 2. The zero-order valence-electron chi connectivity index (χ0n) is 11.6. The van der Waals surface area contributed by atoms with Crippen molar-refractivity contribution < 1.29 is 8.42 Å². The summed E-state index contributed by atoms with van der Waals surface area (Å²) in [5.41, 5.74) is 1.72. The van der Waals surface area contributed by atoms with Crippen LogP contribution in [0.3, 0.4) is 0 Å². The van der Waals surface area contributed by atoms with Gasteiger partial charge >= 0.3 is 0 Å². The molecule has 0 aliphatic rings. The van der Waals surface area contributed by atoms with Crippen LogP contribution >= 0.6 is 11.3 Å². The number of hydrogen-bond donors (Lipinski definition) is 2. The minimum absolute atomic E-state index is 0.160. The van der Waals surface area contributed by atoms with Gasteiger partial charge in [0.25, 0.3) is 0 Å². The lowest BCUT2D eigenvalue weighted by Gasteiger charge is -2.09. The summed E-state index contributed by atoms with van der Waals surface area (Å²) in [6.07, 6.45) is 2.90. The van der Waals surface area contributed by atoms with Gasteiger partial charge in [-0.05, 0) is 31.5 Å². The Bertz CT molecular complexity index is 689. The molecule has 2 aromatic heterocycles. The Morgan fingerprint density at radius 2 is 2.10 bits per heavy atom. The lowest BCUT2D eigenvalue weighted by molar-refractivity contribution is 0.581. The third kappa shape index (κ3) is 3.17. The molecule has 0 aliphatic heterocycles. The fourth-order valence-corrected chi connectivity index (χ4v) is 4.03. The molecule has 20 heavy (non-hydrogen) atoms. The van der Waals surface area contributed by atoms with Crippen molar-refractivity contribution >= 4 is 27.0 Å². The molecule has 7 heteroatoms. The Balaban J connectivity index is 2.19. The van der Waals surface area contributed by atoms with Gasteiger partial charge < -0.3 is 5.32 Å². The van der Waals surface area contributed by atoms with E-state index in [1.54, 1.807) is 30.6 Å². The maximum Gasteiger partial charge on any atom is 0.244 e. The molecular weight excluding hydrogens is 294 g/mol. The van der Waals surface area contributed by atoms with E-state index < -0.39 is 10.0 Å². The monoisotopic (exact) mass is 311 g/mol. The summed E-state index contributed by atoms with van der Waals surface area (Å²) >= 11 is 1.60. The minimum Gasteiger partial charge on any atom is -0.387 e. The van der Waals surface area contributed by atoms with Crippen LogP contribution < -0.4 is 10.0 Å². The predicted octanol–water partition coefficient (Wildman–Crippen LogP) is 2.28. The molecule has 0 radical (unpaired) electrons. The number of thiophene rings is 1. The van der Waals surface area contributed by atoms with E-state index in [1.165, 1.54) is 16.6 Å². The molecule has 0 aromatic carbocycles. The van der Waals surface area contributed by atoms with E-state index in [1.807, 2.05) is 19.9 Å². The summed E-state index contributed by atoms with van der Waals surface area (Å²) in [6.45, 7) is 4.34. The Morgan fingerprint density at radius 1 is 1.35 bits per heavy atom. The maximum absolute atomic E-state index is 12.3. The molecule has 0 saturated carbocycles. The Morgan fingerprint density at radius 3 is 2.70 bits per heavy atom. The van der Waals surface area contributed by atoms with Crippen molar-refractivity contribution in [1.82, 2.24) is 9.71 Å². The smallest absolute Gasteiger partial charge is 0.244 e. The van der Waals surface area contributed by atoms with E-state index in [4.69, 9.17) is 0 Å². The van der Waals surface area contributed by atoms with Crippen molar-refractivity contribution in [1.29, 1.82) is 0 Å². The van der Waals surface area contributed by atoms with Gasteiger partial charge in [-0.15, -0.1) is 11.3 Å². The third-order valence-electron chi connectivity index (χ3n) is 3.00. The molecular formula is C13H17N3O2S2. The average Bonchev–Trinajstić information content (AvgIpc) is 2.76. The molecule has 0 aliphatic carbocycles. The van der Waals surface area contributed by atoms with Gasteiger partial charge in [0, 0.05) is 35.7 Å². The molecule has 2 rings (SSSR count). The average molecular weight is 311 g/mol. The molecule has 0 saturated heterocycles. The molecule has 108 valence electrons. The van der Waals surface area contributed by atoms with Crippen LogP contribution in [0.4, 0.5) is 5.69 Å². The molecule has 0 amide bonds. The normalized spacial score (nSPS) is 11.6. The van der Waals surface area contributed by atoms with Crippen molar-refractivity contribution in [2.45, 2.75) is 25.3 Å². The van der Waals surface area contributed by atoms with Crippen molar-refractivity contribution in [2.24, 2.45) is 0 Å². The van der Waals surface area contributed by atoms with E-state index >= 15 is 0 Å². The number of aromatic nitrogens is 1. The second-order valence-electron chi connectivity index (χ2n) is 4.40. The van der Waals surface area contributed by atoms with E-state index in [0.29, 0.717) is 12.2 Å². The summed E-state index contributed by atoms with van der Waals surface area (Å²) in [4.78, 5) is 6.24. The molecule has 0 unspecified atom stereocenters. The first-order valence-electron chi connectivity index (χ1n) is 6.11. The van der Waals surface area contributed by atoms with Crippen molar-refractivity contribution in [3.63, 3.8) is 0 Å². The van der Waals surface area contributed by atoms with Crippen LogP contribution in [-0.4, -0.2) is 20.4 Å². The standard InChI is InChI=1S/C13H17N3O2S2/c1-9-6-11(19-10(9)2)7-16-20(17,18)13-8-15-5-4-12(13)14-3/h4-6,8,16H,7H2,1-3H3,(H,14,15). The number of nitrogens with zero attached hydrogens (tertiary/aromatic N) is 1. The minimum atomic E-state index is -3.57. The van der Waals surface area contributed by atoms with Gasteiger partial charge in [0.05, 0.1) is 5.69 Å². The summed E-state index contributed by atoms with van der Waals surface area (Å²) in [6, 6.07) is 3.64. The molecule has 2 aromatic rings. The molecule has 0 bridgehead atoms. The van der Waals surface area contributed by atoms with Crippen molar-refractivity contribution in [3.05, 3.63) is 39.8 Å². The van der Waals surface area contributed by atoms with Crippen LogP contribution in [0.2, 0.25) is 0 Å². The number of hydrogen-bond acceptors (Lipinski definition) is 5. The molecule has 0 spiro atoms. The summed E-state index contributed by atoms with van der Waals surface area (Å²) in [5.74, 6) is 0. The van der Waals surface area contributed by atoms with Crippen LogP contribution in [-0.2, 0) is 16.6 Å². The predicted molar refractivity (Wildman–Crippen MR) is 81.6 cm³/mol. The second kappa shape index (κ2) is 5.90. The van der Waals surface area contributed by atoms with Gasteiger partial charge in [-0.3, -0.25) is 4.98 Å². The lowest BCUT2D eigenvalue weighted by Crippen LogP contribution is -2.23. The highest BCUT2D eigenvalue weighted by Gasteiger charge is 2.18. The first kappa shape index (κ1) is 15.0. The summed E-state index contributed by atoms with van der Waals surface area (Å²) in [5, 5.41) is 2.86. The fraction of sp³-hybridized carbons (Fsp3) is 0.308. The molecule has 2 N–H and O–H groups in total.